The number of anilines is 1. The van der Waals surface area contributed by atoms with Gasteiger partial charge in [0.15, 0.2) is 0 Å². The van der Waals surface area contributed by atoms with Crippen LogP contribution in [0.2, 0.25) is 0 Å². The Kier molecular flexibility index (Phi) is 5.23. The molecule has 3 nitrogen and oxygen atoms in total. The van der Waals surface area contributed by atoms with Crippen LogP contribution in [0.25, 0.3) is 0 Å². The van der Waals surface area contributed by atoms with Gasteiger partial charge in [-0.3, -0.25) is 0 Å². The van der Waals surface area contributed by atoms with Crippen molar-refractivity contribution in [3.63, 3.8) is 0 Å². The molecule has 0 aliphatic carbocycles. The Bertz CT molecular complexity index is 578. The maximum atomic E-state index is 5.79. The van der Waals surface area contributed by atoms with Crippen LogP contribution in [0.1, 0.15) is 23.6 Å². The fourth-order valence-corrected chi connectivity index (χ4v) is 2.45. The molecule has 0 aliphatic heterocycles. The van der Waals surface area contributed by atoms with E-state index in [0.29, 0.717) is 6.54 Å². The van der Waals surface area contributed by atoms with Crippen molar-refractivity contribution in [3.8, 4) is 5.75 Å². The van der Waals surface area contributed by atoms with E-state index in [0.717, 1.165) is 24.4 Å². The number of methoxy groups -OCH3 is 1. The van der Waals surface area contributed by atoms with Gasteiger partial charge >= 0.3 is 0 Å². The molecule has 3 heteroatoms. The van der Waals surface area contributed by atoms with Crippen LogP contribution in [0.4, 0.5) is 5.69 Å². The highest BCUT2D eigenvalue weighted by atomic mass is 16.5. The minimum absolute atomic E-state index is 0.494. The van der Waals surface area contributed by atoms with E-state index >= 15 is 0 Å². The third-order valence-corrected chi connectivity index (χ3v) is 3.72. The zero-order chi connectivity index (χ0) is 15.2. The van der Waals surface area contributed by atoms with Crippen molar-refractivity contribution in [1.29, 1.82) is 0 Å². The first-order chi connectivity index (χ1) is 10.2. The molecule has 112 valence electrons. The Morgan fingerprint density at radius 2 is 1.81 bits per heavy atom. The molecule has 0 radical (unpaired) electrons. The van der Waals surface area contributed by atoms with E-state index in [4.69, 9.17) is 10.5 Å². The molecule has 0 heterocycles. The molecule has 0 aromatic heterocycles. The molecule has 2 rings (SSSR count). The summed E-state index contributed by atoms with van der Waals surface area (Å²) in [6, 6.07) is 14.9. The molecule has 0 spiro atoms. The molecule has 21 heavy (non-hydrogen) atoms. The maximum Gasteiger partial charge on any atom is 0.123 e. The molecular formula is C18H24N2O. The number of rotatable bonds is 6. The summed E-state index contributed by atoms with van der Waals surface area (Å²) in [5.74, 6) is 0.861. The Morgan fingerprint density at radius 3 is 2.38 bits per heavy atom. The molecule has 2 N–H and O–H groups in total. The zero-order valence-electron chi connectivity index (χ0n) is 13.1. The predicted molar refractivity (Wildman–Crippen MR) is 88.8 cm³/mol. The van der Waals surface area contributed by atoms with Crippen molar-refractivity contribution in [1.82, 2.24) is 0 Å². The van der Waals surface area contributed by atoms with E-state index in [9.17, 15) is 0 Å². The van der Waals surface area contributed by atoms with Crippen molar-refractivity contribution in [2.45, 2.75) is 26.9 Å². The smallest absolute Gasteiger partial charge is 0.123 e. The molecule has 0 saturated carbocycles. The van der Waals surface area contributed by atoms with Gasteiger partial charge in [-0.15, -0.1) is 0 Å². The fraction of sp³-hybridized carbons (Fsp3) is 0.333. The average molecular weight is 284 g/mol. The molecule has 0 saturated heterocycles. The van der Waals surface area contributed by atoms with Crippen molar-refractivity contribution in [2.24, 2.45) is 5.73 Å². The van der Waals surface area contributed by atoms with E-state index in [1.54, 1.807) is 7.11 Å². The first-order valence-corrected chi connectivity index (χ1v) is 7.35. The van der Waals surface area contributed by atoms with Gasteiger partial charge in [-0.2, -0.15) is 0 Å². The fourth-order valence-electron chi connectivity index (χ4n) is 2.45. The van der Waals surface area contributed by atoms with Crippen LogP contribution in [-0.4, -0.2) is 13.7 Å². The van der Waals surface area contributed by atoms with E-state index in [1.807, 2.05) is 6.07 Å². The summed E-state index contributed by atoms with van der Waals surface area (Å²) in [6.45, 7) is 6.61. The second-order valence-electron chi connectivity index (χ2n) is 5.20. The predicted octanol–water partition coefficient (Wildman–Crippen LogP) is 3.49. The number of benzene rings is 2. The van der Waals surface area contributed by atoms with Crippen LogP contribution in [0.15, 0.2) is 42.5 Å². The second-order valence-corrected chi connectivity index (χ2v) is 5.20. The second kappa shape index (κ2) is 7.14. The zero-order valence-corrected chi connectivity index (χ0v) is 13.1. The van der Waals surface area contributed by atoms with Crippen LogP contribution in [-0.2, 0) is 13.1 Å². The van der Waals surface area contributed by atoms with E-state index < -0.39 is 0 Å². The lowest BCUT2D eigenvalue weighted by Gasteiger charge is -2.24. The van der Waals surface area contributed by atoms with E-state index in [-0.39, 0.29) is 0 Å². The average Bonchev–Trinajstić information content (AvgIpc) is 2.53. The van der Waals surface area contributed by atoms with Gasteiger partial charge in [0.1, 0.15) is 5.75 Å². The minimum atomic E-state index is 0.494. The summed E-state index contributed by atoms with van der Waals surface area (Å²) in [4.78, 5) is 2.35. The summed E-state index contributed by atoms with van der Waals surface area (Å²) in [5.41, 5.74) is 10.6. The molecule has 0 atom stereocenters. The summed E-state index contributed by atoms with van der Waals surface area (Å²) in [7, 11) is 1.68. The van der Waals surface area contributed by atoms with Crippen LogP contribution >= 0.6 is 0 Å². The van der Waals surface area contributed by atoms with Crippen molar-refractivity contribution >= 4 is 5.69 Å². The SMILES string of the molecule is CCN(Cc1ccc(OC)c(CN)c1)c1ccc(C)cc1. The summed E-state index contributed by atoms with van der Waals surface area (Å²) < 4.78 is 5.33. The van der Waals surface area contributed by atoms with Crippen molar-refractivity contribution in [3.05, 3.63) is 59.2 Å². The molecular weight excluding hydrogens is 260 g/mol. The Labute approximate surface area is 127 Å². The summed E-state index contributed by atoms with van der Waals surface area (Å²) in [5, 5.41) is 0. The van der Waals surface area contributed by atoms with Gasteiger partial charge < -0.3 is 15.4 Å². The van der Waals surface area contributed by atoms with Gasteiger partial charge in [0, 0.05) is 30.9 Å². The number of aryl methyl sites for hydroxylation is 1. The van der Waals surface area contributed by atoms with Gasteiger partial charge in [0.2, 0.25) is 0 Å². The molecule has 0 amide bonds. The molecule has 0 bridgehead atoms. The van der Waals surface area contributed by atoms with Crippen LogP contribution < -0.4 is 15.4 Å². The largest absolute Gasteiger partial charge is 0.496 e. The number of hydrogen-bond donors (Lipinski definition) is 1. The third-order valence-electron chi connectivity index (χ3n) is 3.72. The molecule has 0 unspecified atom stereocenters. The normalized spacial score (nSPS) is 10.5. The highest BCUT2D eigenvalue weighted by Gasteiger charge is 2.08. The van der Waals surface area contributed by atoms with Crippen molar-refractivity contribution in [2.75, 3.05) is 18.6 Å². The first-order valence-electron chi connectivity index (χ1n) is 7.35. The maximum absolute atomic E-state index is 5.79. The molecule has 2 aromatic carbocycles. The third kappa shape index (κ3) is 3.76. The molecule has 2 aromatic rings. The lowest BCUT2D eigenvalue weighted by Crippen LogP contribution is -2.22. The molecule has 0 aliphatic rings. The van der Waals surface area contributed by atoms with Gasteiger partial charge in [0.05, 0.1) is 7.11 Å². The van der Waals surface area contributed by atoms with Crippen LogP contribution in [0.5, 0.6) is 5.75 Å². The van der Waals surface area contributed by atoms with E-state index in [1.165, 1.54) is 16.8 Å². The quantitative estimate of drug-likeness (QED) is 0.882. The van der Waals surface area contributed by atoms with Crippen molar-refractivity contribution < 1.29 is 4.74 Å². The number of nitrogens with two attached hydrogens (primary N) is 1. The van der Waals surface area contributed by atoms with Gasteiger partial charge in [0.25, 0.3) is 0 Å². The summed E-state index contributed by atoms with van der Waals surface area (Å²) >= 11 is 0. The Balaban J connectivity index is 2.20. The van der Waals surface area contributed by atoms with Gasteiger partial charge in [-0.05, 0) is 43.7 Å². The van der Waals surface area contributed by atoms with Crippen LogP contribution in [0.3, 0.4) is 0 Å². The number of hydrogen-bond acceptors (Lipinski definition) is 3. The van der Waals surface area contributed by atoms with Gasteiger partial charge in [-0.1, -0.05) is 23.8 Å². The standard InChI is InChI=1S/C18H24N2O/c1-4-20(17-8-5-14(2)6-9-17)13-15-7-10-18(21-3)16(11-15)12-19/h5-11H,4,12-13,19H2,1-3H3. The highest BCUT2D eigenvalue weighted by molar-refractivity contribution is 5.48. The highest BCUT2D eigenvalue weighted by Crippen LogP contribution is 2.22. The van der Waals surface area contributed by atoms with Gasteiger partial charge in [-0.25, -0.2) is 0 Å². The Hall–Kier alpha value is -2.00. The monoisotopic (exact) mass is 284 g/mol. The Morgan fingerprint density at radius 1 is 1.10 bits per heavy atom. The first kappa shape index (κ1) is 15.4. The lowest BCUT2D eigenvalue weighted by atomic mass is 10.1. The lowest BCUT2D eigenvalue weighted by molar-refractivity contribution is 0.409. The minimum Gasteiger partial charge on any atom is -0.496 e. The number of nitrogens with zero attached hydrogens (tertiary/aromatic N) is 1. The van der Waals surface area contributed by atoms with Crippen LogP contribution in [0, 0.1) is 6.92 Å². The topological polar surface area (TPSA) is 38.5 Å². The number of ether oxygens (including phenoxy) is 1. The van der Waals surface area contributed by atoms with E-state index in [2.05, 4.69) is 55.1 Å². The molecule has 0 fully saturated rings. The summed E-state index contributed by atoms with van der Waals surface area (Å²) in [6.07, 6.45) is 0.